The van der Waals surface area contributed by atoms with Crippen molar-refractivity contribution in [3.8, 4) is 0 Å². The molecule has 4 rings (SSSR count). The maximum Gasteiger partial charge on any atom is 0.416 e. The minimum Gasteiger partial charge on any atom is -0.586 e. The summed E-state index contributed by atoms with van der Waals surface area (Å²) >= 11 is 4.02. The van der Waals surface area contributed by atoms with Crippen LogP contribution >= 0.6 is 11.6 Å². The Morgan fingerprint density at radius 3 is 2.27 bits per heavy atom. The zero-order valence-corrected chi connectivity index (χ0v) is 18.6. The molecule has 1 aliphatic heterocycles. The summed E-state index contributed by atoms with van der Waals surface area (Å²) in [4.78, 5) is 0.103. The number of rotatable bonds is 4. The van der Waals surface area contributed by atoms with E-state index >= 15 is 0 Å². The van der Waals surface area contributed by atoms with Crippen LogP contribution in [0, 0.1) is 0 Å². The quantitative estimate of drug-likeness (QED) is 0.310. The van der Waals surface area contributed by atoms with Crippen LogP contribution in [0.1, 0.15) is 22.6 Å². The lowest BCUT2D eigenvalue weighted by Crippen LogP contribution is -2.33. The molecule has 0 bridgehead atoms. The molecule has 1 aliphatic rings. The first-order valence-electron chi connectivity index (χ1n) is 9.82. The molecule has 0 fully saturated rings. The molecule has 1 heterocycles. The summed E-state index contributed by atoms with van der Waals surface area (Å²) in [6, 6.07) is 20.9. The Bertz CT molecular complexity index is 1170. The molecule has 0 amide bonds. The lowest BCUT2D eigenvalue weighted by atomic mass is 9.91. The van der Waals surface area contributed by atoms with Gasteiger partial charge in [-0.3, -0.25) is 0 Å². The van der Waals surface area contributed by atoms with E-state index in [1.807, 2.05) is 42.5 Å². The van der Waals surface area contributed by atoms with Crippen molar-refractivity contribution in [2.45, 2.75) is 17.0 Å². The maximum atomic E-state index is 12.8. The second-order valence-electron chi connectivity index (χ2n) is 7.26. The highest BCUT2D eigenvalue weighted by atomic mass is 35.5. The summed E-state index contributed by atoms with van der Waals surface area (Å²) < 4.78 is 54.8. The molecule has 0 aliphatic carbocycles. The van der Waals surface area contributed by atoms with Crippen LogP contribution in [0.25, 0.3) is 0 Å². The number of hydrazone groups is 1. The predicted molar refractivity (Wildman–Crippen MR) is 123 cm³/mol. The van der Waals surface area contributed by atoms with Gasteiger partial charge in [0.05, 0.1) is 17.8 Å². The summed E-state index contributed by atoms with van der Waals surface area (Å²) in [6.45, 7) is 0.363. The van der Waals surface area contributed by atoms with Gasteiger partial charge in [-0.1, -0.05) is 54.1 Å². The number of alkyl halides is 3. The van der Waals surface area contributed by atoms with E-state index in [-0.39, 0.29) is 16.8 Å². The third kappa shape index (κ3) is 5.32. The van der Waals surface area contributed by atoms with Gasteiger partial charge in [-0.25, -0.2) is 5.01 Å². The Morgan fingerprint density at radius 1 is 1.03 bits per heavy atom. The molecular formula is C23H18ClF3N4OS. The number of nitrogens with zero attached hydrogens (tertiary/aromatic N) is 3. The lowest BCUT2D eigenvalue weighted by Gasteiger charge is -2.15. The molecule has 0 saturated carbocycles. The van der Waals surface area contributed by atoms with Gasteiger partial charge in [-0.15, -0.1) is 0 Å². The van der Waals surface area contributed by atoms with Gasteiger partial charge >= 0.3 is 6.18 Å². The van der Waals surface area contributed by atoms with Gasteiger partial charge in [0.1, 0.15) is 11.4 Å². The minimum atomic E-state index is -4.48. The number of hydrogen-bond acceptors (Lipinski definition) is 3. The van der Waals surface area contributed by atoms with Gasteiger partial charge in [0, 0.05) is 10.9 Å². The average Bonchev–Trinajstić information content (AvgIpc) is 3.25. The summed E-state index contributed by atoms with van der Waals surface area (Å²) in [6.07, 6.45) is -4.48. The molecule has 5 nitrogen and oxygen atoms in total. The highest BCUT2D eigenvalue weighted by Gasteiger charge is 2.33. The summed E-state index contributed by atoms with van der Waals surface area (Å²) in [5.74, 6) is -0.223. The molecule has 2 unspecified atom stereocenters. The van der Waals surface area contributed by atoms with Crippen molar-refractivity contribution < 1.29 is 17.7 Å². The van der Waals surface area contributed by atoms with Gasteiger partial charge in [0.25, 0.3) is 5.96 Å². The standard InChI is InChI=1S/C23H18ClF3N4OS/c24-18-10-6-16(7-11-18)21-20(15-4-2-1-3-5-15)14-31(29-21)22(28)30-33(32)19-12-8-17(9-13-19)23(25,26)27/h1-13,20H,14H2,(H2,28,30). The van der Waals surface area contributed by atoms with E-state index in [0.717, 1.165) is 41.1 Å². The first-order valence-corrected chi connectivity index (χ1v) is 11.3. The maximum absolute atomic E-state index is 12.8. The minimum absolute atomic E-state index is 0.0990. The van der Waals surface area contributed by atoms with Gasteiger partial charge < -0.3 is 10.3 Å². The van der Waals surface area contributed by atoms with E-state index in [2.05, 4.69) is 9.50 Å². The molecule has 2 atom stereocenters. The van der Waals surface area contributed by atoms with E-state index < -0.39 is 23.1 Å². The molecule has 10 heteroatoms. The van der Waals surface area contributed by atoms with Crippen molar-refractivity contribution in [1.82, 2.24) is 5.01 Å². The lowest BCUT2D eigenvalue weighted by molar-refractivity contribution is -0.137. The Labute approximate surface area is 196 Å². The number of nitrogens with two attached hydrogens (primary N) is 1. The molecule has 0 spiro atoms. The molecule has 33 heavy (non-hydrogen) atoms. The number of halogens is 4. The van der Waals surface area contributed by atoms with Gasteiger partial charge in [-0.05, 0) is 51.9 Å². The van der Waals surface area contributed by atoms with Crippen LogP contribution in [0.5, 0.6) is 0 Å². The van der Waals surface area contributed by atoms with Crippen LogP contribution in [-0.4, -0.2) is 27.8 Å². The molecule has 2 N–H and O–H groups in total. The van der Waals surface area contributed by atoms with Crippen LogP contribution in [0.15, 0.2) is 93.3 Å². The van der Waals surface area contributed by atoms with Crippen molar-refractivity contribution in [1.29, 1.82) is 0 Å². The number of benzene rings is 3. The van der Waals surface area contributed by atoms with Gasteiger partial charge in [0.15, 0.2) is 4.90 Å². The molecule has 3 aromatic carbocycles. The highest BCUT2D eigenvalue weighted by molar-refractivity contribution is 7.90. The summed E-state index contributed by atoms with van der Waals surface area (Å²) in [5, 5.41) is 6.65. The largest absolute Gasteiger partial charge is 0.586 e. The zero-order valence-electron chi connectivity index (χ0n) is 17.0. The van der Waals surface area contributed by atoms with E-state index in [4.69, 9.17) is 17.3 Å². The highest BCUT2D eigenvalue weighted by Crippen LogP contribution is 2.31. The second-order valence-corrected chi connectivity index (χ2v) is 8.85. The Morgan fingerprint density at radius 2 is 1.67 bits per heavy atom. The van der Waals surface area contributed by atoms with Crippen LogP contribution in [0.2, 0.25) is 5.02 Å². The van der Waals surface area contributed by atoms with Crippen LogP contribution in [0.4, 0.5) is 13.2 Å². The summed E-state index contributed by atoms with van der Waals surface area (Å²) in [5.41, 5.74) is 7.88. The molecular weight excluding hydrogens is 473 g/mol. The second kappa shape index (κ2) is 9.46. The van der Waals surface area contributed by atoms with Crippen LogP contribution in [-0.2, 0) is 17.5 Å². The fourth-order valence-electron chi connectivity index (χ4n) is 3.42. The average molecular weight is 491 g/mol. The number of hydrogen-bond donors (Lipinski definition) is 1. The van der Waals surface area contributed by atoms with Crippen LogP contribution in [0.3, 0.4) is 0 Å². The Hall–Kier alpha value is -3.01. The normalized spacial score (nSPS) is 17.7. The molecule has 0 saturated heterocycles. The predicted octanol–water partition coefficient (Wildman–Crippen LogP) is 5.20. The third-order valence-corrected chi connectivity index (χ3v) is 6.36. The van der Waals surface area contributed by atoms with Gasteiger partial charge in [-0.2, -0.15) is 18.3 Å². The van der Waals surface area contributed by atoms with Crippen molar-refractivity contribution in [2.24, 2.45) is 15.2 Å². The molecule has 3 aromatic rings. The fourth-order valence-corrected chi connectivity index (χ4v) is 4.28. The van der Waals surface area contributed by atoms with E-state index in [0.29, 0.717) is 11.6 Å². The van der Waals surface area contributed by atoms with E-state index in [1.165, 1.54) is 5.01 Å². The Balaban J connectivity index is 1.60. The van der Waals surface area contributed by atoms with Crippen molar-refractivity contribution in [2.75, 3.05) is 6.54 Å². The third-order valence-electron chi connectivity index (χ3n) is 5.08. The smallest absolute Gasteiger partial charge is 0.416 e. The van der Waals surface area contributed by atoms with Crippen molar-refractivity contribution in [3.05, 3.63) is 101 Å². The topological polar surface area (TPSA) is 77.0 Å². The van der Waals surface area contributed by atoms with Crippen LogP contribution < -0.4 is 5.73 Å². The molecule has 0 radical (unpaired) electrons. The van der Waals surface area contributed by atoms with E-state index in [1.54, 1.807) is 12.1 Å². The van der Waals surface area contributed by atoms with Gasteiger partial charge in [0.2, 0.25) is 0 Å². The SMILES string of the molecule is NC(=N[S+]([O-])c1ccc(C(F)(F)F)cc1)N1CC(c2ccccc2)C(c2ccc(Cl)cc2)=N1. The molecule has 170 valence electrons. The fraction of sp³-hybridized carbons (Fsp3) is 0.130. The number of guanidine groups is 1. The molecule has 0 aromatic heterocycles. The monoisotopic (exact) mass is 490 g/mol. The first-order chi connectivity index (χ1) is 15.7. The first kappa shape index (κ1) is 23.2. The Kier molecular flexibility index (Phi) is 6.64. The van der Waals surface area contributed by atoms with E-state index in [9.17, 15) is 17.7 Å². The van der Waals surface area contributed by atoms with Crippen molar-refractivity contribution in [3.63, 3.8) is 0 Å². The zero-order chi connectivity index (χ0) is 23.6. The summed E-state index contributed by atoms with van der Waals surface area (Å²) in [7, 11) is 0. The van der Waals surface area contributed by atoms with Crippen molar-refractivity contribution >= 4 is 34.6 Å².